The number of aliphatic carboxylic acids is 1. The summed E-state index contributed by atoms with van der Waals surface area (Å²) < 4.78 is 11.6. The van der Waals surface area contributed by atoms with Crippen LogP contribution in [0.2, 0.25) is 0 Å². The molecule has 0 aliphatic carbocycles. The van der Waals surface area contributed by atoms with Crippen molar-refractivity contribution in [3.63, 3.8) is 0 Å². The van der Waals surface area contributed by atoms with Gasteiger partial charge >= 0.3 is 5.97 Å². The van der Waals surface area contributed by atoms with Crippen LogP contribution in [0.15, 0.2) is 17.5 Å². The molecule has 1 N–H and O–H groups in total. The molecule has 0 unspecified atom stereocenters. The lowest BCUT2D eigenvalue weighted by molar-refractivity contribution is -0.136. The average molecular weight is 236 g/mol. The lowest BCUT2D eigenvalue weighted by atomic mass is 10.1. The van der Waals surface area contributed by atoms with Gasteiger partial charge in [-0.1, -0.05) is 0 Å². The van der Waals surface area contributed by atoms with Crippen LogP contribution >= 0.6 is 11.3 Å². The van der Waals surface area contributed by atoms with E-state index in [1.165, 1.54) is 11.3 Å². The minimum Gasteiger partial charge on any atom is -0.481 e. The Hall–Kier alpha value is -1.75. The van der Waals surface area contributed by atoms with E-state index in [2.05, 4.69) is 0 Å². The maximum Gasteiger partial charge on any atom is 0.307 e. The quantitative estimate of drug-likeness (QED) is 0.868. The molecule has 5 heteroatoms. The van der Waals surface area contributed by atoms with Crippen LogP contribution in [0, 0.1) is 0 Å². The summed E-state index contributed by atoms with van der Waals surface area (Å²) in [6.07, 6.45) is 0.0413. The van der Waals surface area contributed by atoms with Crippen molar-refractivity contribution < 1.29 is 19.4 Å². The first-order valence-electron chi connectivity index (χ1n) is 4.75. The molecule has 3 rings (SSSR count). The summed E-state index contributed by atoms with van der Waals surface area (Å²) in [7, 11) is 0. The molecule has 0 spiro atoms. The van der Waals surface area contributed by atoms with Gasteiger partial charge < -0.3 is 14.6 Å². The SMILES string of the molecule is O=C(O)Cc1csc2cc3c(cc12)OCO3. The Bertz CT molecular complexity index is 573. The van der Waals surface area contributed by atoms with Gasteiger partial charge in [0.2, 0.25) is 6.79 Å². The zero-order valence-corrected chi connectivity index (χ0v) is 9.04. The third kappa shape index (κ3) is 1.40. The van der Waals surface area contributed by atoms with Crippen molar-refractivity contribution in [2.75, 3.05) is 6.79 Å². The monoisotopic (exact) mass is 236 g/mol. The molecule has 0 fully saturated rings. The number of benzene rings is 1. The molecular formula is C11H8O4S. The molecule has 1 aliphatic heterocycles. The third-order valence-corrected chi connectivity index (χ3v) is 3.48. The molecule has 0 bridgehead atoms. The summed E-state index contributed by atoms with van der Waals surface area (Å²) in [5.41, 5.74) is 0.825. The lowest BCUT2D eigenvalue weighted by Gasteiger charge is -1.98. The van der Waals surface area contributed by atoms with E-state index < -0.39 is 5.97 Å². The standard InChI is InChI=1S/C11H8O4S/c12-11(13)1-6-4-16-10-3-9-8(2-7(6)10)14-5-15-9/h2-4H,1,5H2,(H,12,13). The molecule has 0 saturated heterocycles. The summed E-state index contributed by atoms with van der Waals surface area (Å²) in [4.78, 5) is 10.7. The Morgan fingerprint density at radius 3 is 2.88 bits per heavy atom. The fourth-order valence-corrected chi connectivity index (χ4v) is 2.74. The van der Waals surface area contributed by atoms with Gasteiger partial charge in [0.15, 0.2) is 11.5 Å². The Morgan fingerprint density at radius 1 is 1.38 bits per heavy atom. The van der Waals surface area contributed by atoms with Crippen molar-refractivity contribution >= 4 is 27.4 Å². The highest BCUT2D eigenvalue weighted by Gasteiger charge is 2.17. The first-order chi connectivity index (χ1) is 7.74. The van der Waals surface area contributed by atoms with Crippen LogP contribution in [-0.2, 0) is 11.2 Å². The van der Waals surface area contributed by atoms with Gasteiger partial charge in [-0.3, -0.25) is 4.79 Å². The van der Waals surface area contributed by atoms with E-state index in [1.807, 2.05) is 17.5 Å². The van der Waals surface area contributed by atoms with Gasteiger partial charge in [-0.05, 0) is 17.0 Å². The number of thiophene rings is 1. The summed E-state index contributed by atoms with van der Waals surface area (Å²) in [5.74, 6) is 0.603. The van der Waals surface area contributed by atoms with Crippen molar-refractivity contribution in [2.45, 2.75) is 6.42 Å². The number of carboxylic acid groups (broad SMARTS) is 1. The van der Waals surface area contributed by atoms with E-state index >= 15 is 0 Å². The van der Waals surface area contributed by atoms with Gasteiger partial charge in [0.25, 0.3) is 0 Å². The summed E-state index contributed by atoms with van der Waals surface area (Å²) in [5, 5.41) is 11.6. The number of ether oxygens (including phenoxy) is 2. The zero-order valence-electron chi connectivity index (χ0n) is 8.23. The predicted molar refractivity (Wildman–Crippen MR) is 59.3 cm³/mol. The highest BCUT2D eigenvalue weighted by molar-refractivity contribution is 7.17. The van der Waals surface area contributed by atoms with Crippen LogP contribution < -0.4 is 9.47 Å². The van der Waals surface area contributed by atoms with Gasteiger partial charge in [-0.15, -0.1) is 11.3 Å². The second-order valence-electron chi connectivity index (χ2n) is 3.53. The largest absolute Gasteiger partial charge is 0.481 e. The number of carboxylic acids is 1. The van der Waals surface area contributed by atoms with Gasteiger partial charge in [0.05, 0.1) is 6.42 Å². The molecule has 4 nitrogen and oxygen atoms in total. The minimum atomic E-state index is -0.822. The van der Waals surface area contributed by atoms with E-state index in [0.717, 1.165) is 21.4 Å². The average Bonchev–Trinajstić information content (AvgIpc) is 2.81. The van der Waals surface area contributed by atoms with Gasteiger partial charge in [-0.2, -0.15) is 0 Å². The first-order valence-corrected chi connectivity index (χ1v) is 5.63. The highest BCUT2D eigenvalue weighted by atomic mass is 32.1. The van der Waals surface area contributed by atoms with Crippen LogP contribution in [0.25, 0.3) is 10.1 Å². The predicted octanol–water partition coefficient (Wildman–Crippen LogP) is 2.26. The second-order valence-corrected chi connectivity index (χ2v) is 4.44. The zero-order chi connectivity index (χ0) is 11.1. The van der Waals surface area contributed by atoms with Crippen LogP contribution in [0.3, 0.4) is 0 Å². The van der Waals surface area contributed by atoms with E-state index in [9.17, 15) is 4.79 Å². The van der Waals surface area contributed by atoms with Crippen molar-refractivity contribution in [3.8, 4) is 11.5 Å². The van der Waals surface area contributed by atoms with Crippen LogP contribution in [0.4, 0.5) is 0 Å². The molecule has 0 saturated carbocycles. The van der Waals surface area contributed by atoms with Crippen molar-refractivity contribution in [1.29, 1.82) is 0 Å². The number of fused-ring (bicyclic) bond motifs is 2. The number of hydrogen-bond donors (Lipinski definition) is 1. The van der Waals surface area contributed by atoms with Crippen molar-refractivity contribution in [3.05, 3.63) is 23.1 Å². The fourth-order valence-electron chi connectivity index (χ4n) is 1.77. The highest BCUT2D eigenvalue weighted by Crippen LogP contribution is 2.39. The molecule has 0 atom stereocenters. The maximum atomic E-state index is 10.7. The molecule has 2 aromatic rings. The molecule has 0 radical (unpaired) electrons. The molecule has 1 aromatic carbocycles. The number of hydrogen-bond acceptors (Lipinski definition) is 4. The lowest BCUT2D eigenvalue weighted by Crippen LogP contribution is -1.98. The normalized spacial score (nSPS) is 13.2. The molecule has 1 aliphatic rings. The smallest absolute Gasteiger partial charge is 0.307 e. The summed E-state index contributed by atoms with van der Waals surface area (Å²) in [6.45, 7) is 0.237. The maximum absolute atomic E-state index is 10.7. The first kappa shape index (κ1) is 9.47. The van der Waals surface area contributed by atoms with E-state index in [0.29, 0.717) is 5.75 Å². The fraction of sp³-hybridized carbons (Fsp3) is 0.182. The Labute approximate surface area is 95.0 Å². The molecule has 0 amide bonds. The van der Waals surface area contributed by atoms with Crippen molar-refractivity contribution in [2.24, 2.45) is 0 Å². The van der Waals surface area contributed by atoms with Gasteiger partial charge in [-0.25, -0.2) is 0 Å². The molecule has 16 heavy (non-hydrogen) atoms. The Kier molecular flexibility index (Phi) is 2.00. The molecule has 1 aromatic heterocycles. The summed E-state index contributed by atoms with van der Waals surface area (Å²) in [6, 6.07) is 3.75. The van der Waals surface area contributed by atoms with E-state index in [1.54, 1.807) is 0 Å². The van der Waals surface area contributed by atoms with Gasteiger partial charge in [0.1, 0.15) is 0 Å². The van der Waals surface area contributed by atoms with Crippen LogP contribution in [0.5, 0.6) is 11.5 Å². The van der Waals surface area contributed by atoms with E-state index in [4.69, 9.17) is 14.6 Å². The number of rotatable bonds is 2. The second kappa shape index (κ2) is 3.38. The Morgan fingerprint density at radius 2 is 2.12 bits per heavy atom. The Balaban J connectivity index is 2.15. The van der Waals surface area contributed by atoms with Crippen molar-refractivity contribution in [1.82, 2.24) is 0 Å². The van der Waals surface area contributed by atoms with Crippen LogP contribution in [0.1, 0.15) is 5.56 Å². The molecule has 2 heterocycles. The number of carbonyl (C=O) groups is 1. The third-order valence-electron chi connectivity index (χ3n) is 2.49. The molecular weight excluding hydrogens is 228 g/mol. The van der Waals surface area contributed by atoms with Crippen LogP contribution in [-0.4, -0.2) is 17.9 Å². The topological polar surface area (TPSA) is 55.8 Å². The minimum absolute atomic E-state index is 0.0413. The van der Waals surface area contributed by atoms with E-state index in [-0.39, 0.29) is 13.2 Å². The summed E-state index contributed by atoms with van der Waals surface area (Å²) >= 11 is 1.52. The van der Waals surface area contributed by atoms with Gasteiger partial charge in [0, 0.05) is 16.2 Å². The molecule has 82 valence electrons.